The second-order valence-corrected chi connectivity index (χ2v) is 4.44. The minimum Gasteiger partial charge on any atom is -1.00 e. The van der Waals surface area contributed by atoms with Gasteiger partial charge in [0.05, 0.1) is 0 Å². The molecule has 0 N–H and O–H groups in total. The number of hydrogen-bond donors (Lipinski definition) is 0. The molecule has 0 saturated carbocycles. The third-order valence-electron chi connectivity index (χ3n) is 1.65. The van der Waals surface area contributed by atoms with Crippen molar-refractivity contribution in [3.63, 3.8) is 0 Å². The molecular weight excluding hydrogens is 268 g/mol. The molecule has 3 heteroatoms. The summed E-state index contributed by atoms with van der Waals surface area (Å²) in [5.41, 5.74) is 3.02. The minimum atomic E-state index is 0. The van der Waals surface area contributed by atoms with Gasteiger partial charge in [-0.1, -0.05) is 13.8 Å². The fourth-order valence-corrected chi connectivity index (χ4v) is 2.03. The molecule has 0 aromatic carbocycles. The van der Waals surface area contributed by atoms with E-state index in [2.05, 4.69) is 32.1 Å². The van der Waals surface area contributed by atoms with E-state index in [4.69, 9.17) is 0 Å². The Morgan fingerprint density at radius 2 is 2.21 bits per heavy atom. The van der Waals surface area contributed by atoms with Crippen molar-refractivity contribution in [1.29, 1.82) is 0 Å². The summed E-state index contributed by atoms with van der Waals surface area (Å²) in [4.78, 5) is 1.36. The molecule has 0 heterocycles. The molecule has 0 spiro atoms. The number of rotatable bonds is 4. The van der Waals surface area contributed by atoms with Crippen LogP contribution in [0, 0.1) is 12.3 Å². The van der Waals surface area contributed by atoms with Crippen molar-refractivity contribution >= 4 is 34.8 Å². The standard InChI is InChI=1S/C11H15S.BrH.Mg/c1-10(2)8-9-12-11-6-4-3-5-7-11;;/h4-7,10H,8-9H2,1-2H3;1H;/q-1;;+2/p-1. The smallest absolute Gasteiger partial charge is 1.00 e. The molecule has 0 nitrogen and oxygen atoms in total. The maximum atomic E-state index is 3.02. The molecule has 74 valence electrons. The third-order valence-corrected chi connectivity index (χ3v) is 2.70. The minimum absolute atomic E-state index is 0. The van der Waals surface area contributed by atoms with E-state index in [9.17, 15) is 0 Å². The normalized spacial score (nSPS) is 12.6. The summed E-state index contributed by atoms with van der Waals surface area (Å²) in [5, 5.41) is 0. The van der Waals surface area contributed by atoms with E-state index in [-0.39, 0.29) is 40.0 Å². The summed E-state index contributed by atoms with van der Waals surface area (Å²) in [6, 6.07) is 0. The van der Waals surface area contributed by atoms with Crippen LogP contribution in [0.25, 0.3) is 0 Å². The van der Waals surface area contributed by atoms with Crippen LogP contribution in [-0.2, 0) is 0 Å². The Labute approximate surface area is 118 Å². The molecule has 0 amide bonds. The van der Waals surface area contributed by atoms with Gasteiger partial charge in [-0.15, -0.1) is 17.1 Å². The predicted octanol–water partition coefficient (Wildman–Crippen LogP) is 0.202. The summed E-state index contributed by atoms with van der Waals surface area (Å²) in [6.07, 6.45) is 9.47. The van der Waals surface area contributed by atoms with E-state index in [0.717, 1.165) is 5.92 Å². The molecule has 1 rings (SSSR count). The van der Waals surface area contributed by atoms with E-state index in [1.165, 1.54) is 17.1 Å². The van der Waals surface area contributed by atoms with Gasteiger partial charge in [0.15, 0.2) is 0 Å². The van der Waals surface area contributed by atoms with Gasteiger partial charge < -0.3 is 17.0 Å². The van der Waals surface area contributed by atoms with Crippen LogP contribution < -0.4 is 17.0 Å². The van der Waals surface area contributed by atoms with Crippen LogP contribution in [0.1, 0.15) is 20.3 Å². The molecule has 1 aliphatic rings. The van der Waals surface area contributed by atoms with Gasteiger partial charge in [0, 0.05) is 0 Å². The molecule has 0 atom stereocenters. The number of hydrogen-bond acceptors (Lipinski definition) is 1. The van der Waals surface area contributed by atoms with E-state index in [1.54, 1.807) is 0 Å². The zero-order valence-electron chi connectivity index (χ0n) is 8.79. The van der Waals surface area contributed by atoms with Gasteiger partial charge in [0.1, 0.15) is 0 Å². The number of halogens is 1. The van der Waals surface area contributed by atoms with E-state index in [0.29, 0.717) is 0 Å². The van der Waals surface area contributed by atoms with Gasteiger partial charge in [0.2, 0.25) is 0 Å². The molecule has 0 radical (unpaired) electrons. The van der Waals surface area contributed by atoms with Crippen LogP contribution in [0.15, 0.2) is 28.9 Å². The third kappa shape index (κ3) is 8.07. The summed E-state index contributed by atoms with van der Waals surface area (Å²) in [7, 11) is 0. The fourth-order valence-electron chi connectivity index (χ4n) is 0.880. The first-order valence-corrected chi connectivity index (χ1v) is 5.36. The van der Waals surface area contributed by atoms with Crippen LogP contribution in [-0.4, -0.2) is 28.8 Å². The summed E-state index contributed by atoms with van der Waals surface area (Å²) < 4.78 is 0. The van der Waals surface area contributed by atoms with E-state index >= 15 is 0 Å². The van der Waals surface area contributed by atoms with Crippen molar-refractivity contribution in [2.45, 2.75) is 20.3 Å². The monoisotopic (exact) mass is 282 g/mol. The Bertz CT molecular complexity index is 227. The maximum absolute atomic E-state index is 3.02. The molecule has 0 saturated heterocycles. The maximum Gasteiger partial charge on any atom is 2.00 e. The van der Waals surface area contributed by atoms with E-state index < -0.39 is 0 Å². The van der Waals surface area contributed by atoms with Crippen LogP contribution in [0.4, 0.5) is 0 Å². The zero-order valence-corrected chi connectivity index (χ0v) is 12.6. The molecule has 1 aliphatic carbocycles. The van der Waals surface area contributed by atoms with Crippen molar-refractivity contribution in [3.8, 4) is 0 Å². The largest absolute Gasteiger partial charge is 2.00 e. The molecule has 0 aromatic rings. The van der Waals surface area contributed by atoms with Crippen LogP contribution in [0.5, 0.6) is 0 Å². The van der Waals surface area contributed by atoms with Crippen LogP contribution in [0.2, 0.25) is 0 Å². The summed E-state index contributed by atoms with van der Waals surface area (Å²) in [5.74, 6) is 2.04. The van der Waals surface area contributed by atoms with Crippen LogP contribution in [0.3, 0.4) is 0 Å². The van der Waals surface area contributed by atoms with E-state index in [1.807, 2.05) is 23.9 Å². The Morgan fingerprint density at radius 1 is 1.50 bits per heavy atom. The Morgan fingerprint density at radius 3 is 2.71 bits per heavy atom. The van der Waals surface area contributed by atoms with Crippen molar-refractivity contribution in [2.24, 2.45) is 5.92 Å². The Balaban J connectivity index is 0. The zero-order chi connectivity index (χ0) is 8.81. The molecule has 0 aromatic heterocycles. The number of allylic oxidation sites excluding steroid dienone is 3. The van der Waals surface area contributed by atoms with Gasteiger partial charge in [-0.3, -0.25) is 5.73 Å². The Hall–Kier alpha value is 0.726. The summed E-state index contributed by atoms with van der Waals surface area (Å²) in [6.45, 7) is 4.53. The molecule has 0 bridgehead atoms. The topological polar surface area (TPSA) is 0 Å². The summed E-state index contributed by atoms with van der Waals surface area (Å²) >= 11 is 1.93. The van der Waals surface area contributed by atoms with Crippen molar-refractivity contribution in [3.05, 3.63) is 35.3 Å². The molecule has 0 aliphatic heterocycles. The average Bonchev–Trinajstić information content (AvgIpc) is 2.05. The van der Waals surface area contributed by atoms with Gasteiger partial charge >= 0.3 is 23.1 Å². The van der Waals surface area contributed by atoms with Gasteiger partial charge in [-0.2, -0.15) is 24.3 Å². The Kier molecular flexibility index (Phi) is 12.5. The van der Waals surface area contributed by atoms with Gasteiger partial charge in [-0.25, -0.2) is 0 Å². The quantitative estimate of drug-likeness (QED) is 0.404. The predicted molar refractivity (Wildman–Crippen MR) is 62.7 cm³/mol. The second kappa shape index (κ2) is 10.3. The average molecular weight is 284 g/mol. The SMILES string of the molecule is CC(C)CCSC1=CC=C=C[CH-]1.[Br-].[Mg+2]. The van der Waals surface area contributed by atoms with Crippen LogP contribution >= 0.6 is 11.8 Å². The first-order valence-electron chi connectivity index (χ1n) is 4.38. The molecule has 0 fully saturated rings. The molecule has 14 heavy (non-hydrogen) atoms. The molecular formula is C11H15BrMgS. The van der Waals surface area contributed by atoms with Gasteiger partial charge in [0.25, 0.3) is 0 Å². The first kappa shape index (κ1) is 17.1. The van der Waals surface area contributed by atoms with Crippen molar-refractivity contribution in [1.82, 2.24) is 0 Å². The van der Waals surface area contributed by atoms with Crippen molar-refractivity contribution < 1.29 is 17.0 Å². The first-order chi connectivity index (χ1) is 5.79. The number of thioether (sulfide) groups is 1. The second-order valence-electron chi connectivity index (χ2n) is 3.27. The molecule has 0 unspecified atom stereocenters. The van der Waals surface area contributed by atoms with Gasteiger partial charge in [-0.05, 0) is 18.1 Å². The van der Waals surface area contributed by atoms with Crippen molar-refractivity contribution in [2.75, 3.05) is 5.75 Å². The fraction of sp³-hybridized carbons (Fsp3) is 0.455.